The predicted octanol–water partition coefficient (Wildman–Crippen LogP) is 3.22. The van der Waals surface area contributed by atoms with Gasteiger partial charge in [0, 0.05) is 39.4 Å². The summed E-state index contributed by atoms with van der Waals surface area (Å²) < 4.78 is 5.47. The van der Waals surface area contributed by atoms with E-state index in [2.05, 4.69) is 40.1 Å². The molecule has 0 unspecified atom stereocenters. The minimum atomic E-state index is 0. The SMILES string of the molecule is I.c1ccc(CN2CCN=C2N2CC(CC3CCOCC3)C2)cc1. The lowest BCUT2D eigenvalue weighted by atomic mass is 9.85. The number of benzene rings is 1. The van der Waals surface area contributed by atoms with Crippen molar-refractivity contribution in [3.8, 4) is 0 Å². The lowest BCUT2D eigenvalue weighted by Gasteiger charge is -2.44. The third kappa shape index (κ3) is 4.23. The average molecular weight is 441 g/mol. The Bertz CT molecular complexity index is 539. The van der Waals surface area contributed by atoms with Crippen molar-refractivity contribution in [2.75, 3.05) is 39.4 Å². The zero-order chi connectivity index (χ0) is 15.5. The second-order valence-corrected chi connectivity index (χ2v) is 7.15. The Morgan fingerprint density at radius 3 is 2.54 bits per heavy atom. The van der Waals surface area contributed by atoms with Gasteiger partial charge in [0.25, 0.3) is 0 Å². The lowest BCUT2D eigenvalue weighted by molar-refractivity contribution is 0.0451. The molecule has 0 spiro atoms. The molecule has 4 rings (SSSR count). The highest BCUT2D eigenvalue weighted by molar-refractivity contribution is 14.0. The van der Waals surface area contributed by atoms with Crippen molar-refractivity contribution in [3.63, 3.8) is 0 Å². The molecular weight excluding hydrogens is 413 g/mol. The van der Waals surface area contributed by atoms with Crippen LogP contribution >= 0.6 is 24.0 Å². The lowest BCUT2D eigenvalue weighted by Crippen LogP contribution is -2.54. The van der Waals surface area contributed by atoms with Crippen LogP contribution in [0, 0.1) is 11.8 Å². The first kappa shape index (κ1) is 18.0. The molecule has 24 heavy (non-hydrogen) atoms. The van der Waals surface area contributed by atoms with Gasteiger partial charge in [0.1, 0.15) is 0 Å². The Hall–Kier alpha value is -0.820. The highest BCUT2D eigenvalue weighted by Gasteiger charge is 2.34. The molecule has 1 aromatic carbocycles. The van der Waals surface area contributed by atoms with Gasteiger partial charge in [0.2, 0.25) is 0 Å². The van der Waals surface area contributed by atoms with Gasteiger partial charge in [-0.3, -0.25) is 4.99 Å². The summed E-state index contributed by atoms with van der Waals surface area (Å²) in [4.78, 5) is 9.70. The minimum Gasteiger partial charge on any atom is -0.381 e. The van der Waals surface area contributed by atoms with Crippen LogP contribution in [-0.2, 0) is 11.3 Å². The third-order valence-electron chi connectivity index (χ3n) is 5.37. The predicted molar refractivity (Wildman–Crippen MR) is 108 cm³/mol. The van der Waals surface area contributed by atoms with Crippen molar-refractivity contribution in [1.29, 1.82) is 0 Å². The summed E-state index contributed by atoms with van der Waals surface area (Å²) in [5.74, 6) is 2.99. The van der Waals surface area contributed by atoms with E-state index < -0.39 is 0 Å². The van der Waals surface area contributed by atoms with Crippen molar-refractivity contribution in [1.82, 2.24) is 9.80 Å². The van der Waals surface area contributed by atoms with Gasteiger partial charge in [-0.15, -0.1) is 24.0 Å². The molecule has 3 aliphatic heterocycles. The molecule has 0 atom stereocenters. The van der Waals surface area contributed by atoms with Crippen molar-refractivity contribution in [2.45, 2.75) is 25.8 Å². The Morgan fingerprint density at radius 1 is 1.04 bits per heavy atom. The molecule has 2 saturated heterocycles. The van der Waals surface area contributed by atoms with Gasteiger partial charge in [0.15, 0.2) is 5.96 Å². The Morgan fingerprint density at radius 2 is 1.79 bits per heavy atom. The molecule has 0 amide bonds. The maximum absolute atomic E-state index is 5.47. The van der Waals surface area contributed by atoms with E-state index >= 15 is 0 Å². The topological polar surface area (TPSA) is 28.1 Å². The molecule has 5 heteroatoms. The van der Waals surface area contributed by atoms with E-state index in [1.54, 1.807) is 0 Å². The van der Waals surface area contributed by atoms with E-state index in [9.17, 15) is 0 Å². The summed E-state index contributed by atoms with van der Waals surface area (Å²) in [5, 5.41) is 0. The number of halogens is 1. The van der Waals surface area contributed by atoms with Crippen LogP contribution in [0.3, 0.4) is 0 Å². The van der Waals surface area contributed by atoms with Crippen LogP contribution in [0.2, 0.25) is 0 Å². The van der Waals surface area contributed by atoms with Crippen molar-refractivity contribution < 1.29 is 4.74 Å². The van der Waals surface area contributed by atoms with Gasteiger partial charge in [-0.25, -0.2) is 0 Å². The fourth-order valence-corrected chi connectivity index (χ4v) is 4.06. The van der Waals surface area contributed by atoms with Crippen LogP contribution < -0.4 is 0 Å². The molecular formula is C19H28IN3O. The largest absolute Gasteiger partial charge is 0.381 e. The Balaban J connectivity index is 0.00000169. The smallest absolute Gasteiger partial charge is 0.197 e. The molecule has 0 aliphatic carbocycles. The summed E-state index contributed by atoms with van der Waals surface area (Å²) >= 11 is 0. The van der Waals surface area contributed by atoms with E-state index in [4.69, 9.17) is 9.73 Å². The van der Waals surface area contributed by atoms with E-state index in [0.717, 1.165) is 44.7 Å². The molecule has 132 valence electrons. The zero-order valence-electron chi connectivity index (χ0n) is 14.3. The van der Waals surface area contributed by atoms with E-state index in [1.165, 1.54) is 43.9 Å². The quantitative estimate of drug-likeness (QED) is 0.672. The summed E-state index contributed by atoms with van der Waals surface area (Å²) in [6.07, 6.45) is 3.90. The second kappa shape index (κ2) is 8.52. The van der Waals surface area contributed by atoms with E-state index in [1.807, 2.05) is 0 Å². The molecule has 0 bridgehead atoms. The minimum absolute atomic E-state index is 0. The van der Waals surface area contributed by atoms with E-state index in [0.29, 0.717) is 0 Å². The summed E-state index contributed by atoms with van der Waals surface area (Å²) in [6.45, 7) is 7.33. The van der Waals surface area contributed by atoms with Crippen LogP contribution in [0.4, 0.5) is 0 Å². The third-order valence-corrected chi connectivity index (χ3v) is 5.37. The maximum atomic E-state index is 5.47. The van der Waals surface area contributed by atoms with Crippen LogP contribution in [-0.4, -0.2) is 55.2 Å². The Labute approximate surface area is 162 Å². The van der Waals surface area contributed by atoms with Crippen LogP contribution in [0.25, 0.3) is 0 Å². The first-order valence-electron chi connectivity index (χ1n) is 9.04. The Kier molecular flexibility index (Phi) is 6.38. The highest BCUT2D eigenvalue weighted by atomic mass is 127. The number of nitrogens with zero attached hydrogens (tertiary/aromatic N) is 3. The molecule has 0 radical (unpaired) electrons. The fourth-order valence-electron chi connectivity index (χ4n) is 4.06. The van der Waals surface area contributed by atoms with Crippen LogP contribution in [0.15, 0.2) is 35.3 Å². The van der Waals surface area contributed by atoms with E-state index in [-0.39, 0.29) is 24.0 Å². The maximum Gasteiger partial charge on any atom is 0.197 e. The molecule has 0 saturated carbocycles. The first-order chi connectivity index (χ1) is 11.4. The van der Waals surface area contributed by atoms with Crippen LogP contribution in [0.1, 0.15) is 24.8 Å². The molecule has 0 N–H and O–H groups in total. The van der Waals surface area contributed by atoms with Crippen molar-refractivity contribution in [3.05, 3.63) is 35.9 Å². The number of aliphatic imine (C=N–C) groups is 1. The normalized spacial score (nSPS) is 22.1. The number of ether oxygens (including phenoxy) is 1. The van der Waals surface area contributed by atoms with Gasteiger partial charge in [0.05, 0.1) is 6.54 Å². The number of guanidine groups is 1. The van der Waals surface area contributed by atoms with Gasteiger partial charge in [-0.05, 0) is 36.7 Å². The summed E-state index contributed by atoms with van der Waals surface area (Å²) in [5.41, 5.74) is 1.38. The highest BCUT2D eigenvalue weighted by Crippen LogP contribution is 2.30. The van der Waals surface area contributed by atoms with Gasteiger partial charge in [-0.1, -0.05) is 30.3 Å². The average Bonchev–Trinajstić information content (AvgIpc) is 3.00. The molecule has 4 nitrogen and oxygen atoms in total. The summed E-state index contributed by atoms with van der Waals surface area (Å²) in [6, 6.07) is 10.7. The van der Waals surface area contributed by atoms with Gasteiger partial charge < -0.3 is 14.5 Å². The molecule has 2 fully saturated rings. The first-order valence-corrected chi connectivity index (χ1v) is 9.04. The standard InChI is InChI=1S/C19H27N3O.HI/c1-2-4-17(5-3-1)13-21-9-8-20-19(21)22-14-18(15-22)12-16-6-10-23-11-7-16;/h1-5,16,18H,6-15H2;1H. The fraction of sp³-hybridized carbons (Fsp3) is 0.632. The number of hydrogen-bond acceptors (Lipinski definition) is 4. The molecule has 0 aromatic heterocycles. The monoisotopic (exact) mass is 441 g/mol. The molecule has 3 heterocycles. The van der Waals surface area contributed by atoms with Crippen molar-refractivity contribution >= 4 is 29.9 Å². The van der Waals surface area contributed by atoms with Crippen LogP contribution in [0.5, 0.6) is 0 Å². The van der Waals surface area contributed by atoms with Gasteiger partial charge >= 0.3 is 0 Å². The number of hydrogen-bond donors (Lipinski definition) is 0. The summed E-state index contributed by atoms with van der Waals surface area (Å²) in [7, 11) is 0. The number of likely N-dealkylation sites (tertiary alicyclic amines) is 1. The molecule has 3 aliphatic rings. The number of rotatable bonds is 4. The van der Waals surface area contributed by atoms with Crippen molar-refractivity contribution in [2.24, 2.45) is 16.8 Å². The van der Waals surface area contributed by atoms with Gasteiger partial charge in [-0.2, -0.15) is 0 Å². The molecule has 1 aromatic rings. The second-order valence-electron chi connectivity index (χ2n) is 7.15. The zero-order valence-corrected chi connectivity index (χ0v) is 16.6.